The van der Waals surface area contributed by atoms with Crippen molar-refractivity contribution in [2.45, 2.75) is 25.7 Å². The number of ether oxygens (including phenoxy) is 1. The SMILES string of the molecule is COc1ccccc1C(=O)CCC(=O)C1=CCCC=C1. The van der Waals surface area contributed by atoms with Crippen molar-refractivity contribution >= 4 is 11.6 Å². The second kappa shape index (κ2) is 6.85. The number of hydrogen-bond donors (Lipinski definition) is 0. The molecule has 1 aromatic carbocycles. The van der Waals surface area contributed by atoms with Crippen LogP contribution in [0.3, 0.4) is 0 Å². The molecule has 1 aromatic rings. The van der Waals surface area contributed by atoms with Crippen molar-refractivity contribution in [1.82, 2.24) is 0 Å². The Hall–Kier alpha value is -2.16. The van der Waals surface area contributed by atoms with Gasteiger partial charge in [-0.05, 0) is 25.0 Å². The summed E-state index contributed by atoms with van der Waals surface area (Å²) in [5.41, 5.74) is 1.26. The molecule has 0 fully saturated rings. The van der Waals surface area contributed by atoms with Gasteiger partial charge in [-0.15, -0.1) is 0 Å². The van der Waals surface area contributed by atoms with Crippen molar-refractivity contribution in [3.63, 3.8) is 0 Å². The molecule has 0 N–H and O–H groups in total. The molecule has 0 unspecified atom stereocenters. The highest BCUT2D eigenvalue weighted by atomic mass is 16.5. The summed E-state index contributed by atoms with van der Waals surface area (Å²) in [6.07, 6.45) is 8.12. The molecule has 0 saturated heterocycles. The predicted molar refractivity (Wildman–Crippen MR) is 78.0 cm³/mol. The fourth-order valence-electron chi connectivity index (χ4n) is 2.20. The van der Waals surface area contributed by atoms with E-state index >= 15 is 0 Å². The summed E-state index contributed by atoms with van der Waals surface area (Å²) in [6.45, 7) is 0. The smallest absolute Gasteiger partial charge is 0.167 e. The van der Waals surface area contributed by atoms with Gasteiger partial charge in [-0.2, -0.15) is 0 Å². The molecule has 0 radical (unpaired) electrons. The first-order valence-corrected chi connectivity index (χ1v) is 6.78. The van der Waals surface area contributed by atoms with Crippen LogP contribution < -0.4 is 4.74 Å². The Morgan fingerprint density at radius 3 is 2.55 bits per heavy atom. The first-order chi connectivity index (χ1) is 9.72. The number of carbonyl (C=O) groups is 2. The Kier molecular flexibility index (Phi) is 4.88. The average Bonchev–Trinajstić information content (AvgIpc) is 2.53. The topological polar surface area (TPSA) is 43.4 Å². The van der Waals surface area contributed by atoms with Gasteiger partial charge in [0, 0.05) is 18.4 Å². The lowest BCUT2D eigenvalue weighted by atomic mass is 9.98. The van der Waals surface area contributed by atoms with Crippen molar-refractivity contribution in [1.29, 1.82) is 0 Å². The van der Waals surface area contributed by atoms with Crippen molar-refractivity contribution in [3.05, 3.63) is 53.6 Å². The molecular formula is C17H18O3. The molecule has 2 rings (SSSR count). The van der Waals surface area contributed by atoms with Crippen molar-refractivity contribution in [2.75, 3.05) is 7.11 Å². The van der Waals surface area contributed by atoms with E-state index in [0.29, 0.717) is 11.3 Å². The van der Waals surface area contributed by atoms with Crippen LogP contribution in [0.5, 0.6) is 5.75 Å². The molecule has 1 aliphatic carbocycles. The van der Waals surface area contributed by atoms with Crippen LogP contribution in [0.4, 0.5) is 0 Å². The van der Waals surface area contributed by atoms with Gasteiger partial charge in [-0.25, -0.2) is 0 Å². The molecule has 0 aliphatic heterocycles. The predicted octanol–water partition coefficient (Wildman–Crippen LogP) is 3.50. The van der Waals surface area contributed by atoms with E-state index in [1.54, 1.807) is 18.2 Å². The molecule has 0 spiro atoms. The van der Waals surface area contributed by atoms with Crippen LogP contribution in [-0.2, 0) is 4.79 Å². The highest BCUT2D eigenvalue weighted by molar-refractivity contribution is 6.04. The van der Waals surface area contributed by atoms with E-state index in [2.05, 4.69) is 0 Å². The summed E-state index contributed by atoms with van der Waals surface area (Å²) in [6, 6.07) is 7.09. The highest BCUT2D eigenvalue weighted by Gasteiger charge is 2.15. The Bertz CT molecular complexity index is 567. The summed E-state index contributed by atoms with van der Waals surface area (Å²) in [5.74, 6) is 0.530. The van der Waals surface area contributed by atoms with Gasteiger partial charge in [0.1, 0.15) is 5.75 Å². The van der Waals surface area contributed by atoms with Crippen LogP contribution >= 0.6 is 0 Å². The van der Waals surface area contributed by atoms with E-state index in [1.165, 1.54) is 7.11 Å². The Labute approximate surface area is 118 Å². The van der Waals surface area contributed by atoms with E-state index in [1.807, 2.05) is 24.3 Å². The number of benzene rings is 1. The number of Topliss-reactive ketones (excluding diaryl/α,β-unsaturated/α-hetero) is 2. The standard InChI is InChI=1S/C17H18O3/c1-20-17-10-6-5-9-14(17)16(19)12-11-15(18)13-7-3-2-4-8-13/h3,5-10H,2,4,11-12H2,1H3. The van der Waals surface area contributed by atoms with Crippen molar-refractivity contribution < 1.29 is 14.3 Å². The number of ketones is 2. The maximum atomic E-state index is 12.1. The van der Waals surface area contributed by atoms with Gasteiger partial charge < -0.3 is 4.74 Å². The molecule has 0 amide bonds. The normalized spacial score (nSPS) is 13.8. The molecule has 3 heteroatoms. The van der Waals surface area contributed by atoms with Gasteiger partial charge in [0.05, 0.1) is 12.7 Å². The lowest BCUT2D eigenvalue weighted by molar-refractivity contribution is -0.115. The molecule has 1 aliphatic rings. The van der Waals surface area contributed by atoms with Crippen LogP contribution in [0.25, 0.3) is 0 Å². The number of allylic oxidation sites excluding steroid dienone is 4. The molecule has 0 bridgehead atoms. The molecule has 3 nitrogen and oxygen atoms in total. The minimum absolute atomic E-state index is 0.0317. The number of hydrogen-bond acceptors (Lipinski definition) is 3. The summed E-state index contributed by atoms with van der Waals surface area (Å²) in [4.78, 5) is 24.1. The Morgan fingerprint density at radius 2 is 1.85 bits per heavy atom. The summed E-state index contributed by atoms with van der Waals surface area (Å²) in [7, 11) is 1.54. The minimum atomic E-state index is -0.0591. The number of carbonyl (C=O) groups excluding carboxylic acids is 2. The highest BCUT2D eigenvalue weighted by Crippen LogP contribution is 2.20. The molecular weight excluding hydrogens is 252 g/mol. The lowest BCUT2D eigenvalue weighted by Gasteiger charge is -2.08. The summed E-state index contributed by atoms with van der Waals surface area (Å²) >= 11 is 0. The maximum absolute atomic E-state index is 12.1. The van der Waals surface area contributed by atoms with E-state index in [9.17, 15) is 9.59 Å². The van der Waals surface area contributed by atoms with Crippen molar-refractivity contribution in [2.24, 2.45) is 0 Å². The molecule has 0 saturated carbocycles. The van der Waals surface area contributed by atoms with E-state index in [0.717, 1.165) is 18.4 Å². The van der Waals surface area contributed by atoms with Crippen LogP contribution in [-0.4, -0.2) is 18.7 Å². The van der Waals surface area contributed by atoms with E-state index < -0.39 is 0 Å². The second-order valence-corrected chi connectivity index (χ2v) is 4.69. The lowest BCUT2D eigenvalue weighted by Crippen LogP contribution is -2.08. The third-order valence-electron chi connectivity index (χ3n) is 3.30. The number of rotatable bonds is 6. The fourth-order valence-corrected chi connectivity index (χ4v) is 2.20. The Morgan fingerprint density at radius 1 is 1.10 bits per heavy atom. The molecule has 0 aromatic heterocycles. The van der Waals surface area contributed by atoms with Crippen LogP contribution in [0.2, 0.25) is 0 Å². The van der Waals surface area contributed by atoms with Gasteiger partial charge in [0.15, 0.2) is 11.6 Å². The Balaban J connectivity index is 1.97. The third kappa shape index (κ3) is 3.44. The first kappa shape index (κ1) is 14.3. The van der Waals surface area contributed by atoms with E-state index in [-0.39, 0.29) is 24.4 Å². The van der Waals surface area contributed by atoms with Gasteiger partial charge in [0.25, 0.3) is 0 Å². The van der Waals surface area contributed by atoms with Crippen molar-refractivity contribution in [3.8, 4) is 5.75 Å². The van der Waals surface area contributed by atoms with Gasteiger partial charge in [-0.1, -0.05) is 30.4 Å². The molecule has 0 heterocycles. The maximum Gasteiger partial charge on any atom is 0.167 e. The second-order valence-electron chi connectivity index (χ2n) is 4.69. The summed E-state index contributed by atoms with van der Waals surface area (Å²) < 4.78 is 5.16. The zero-order valence-corrected chi connectivity index (χ0v) is 11.6. The monoisotopic (exact) mass is 270 g/mol. The first-order valence-electron chi connectivity index (χ1n) is 6.78. The average molecular weight is 270 g/mol. The quantitative estimate of drug-likeness (QED) is 0.743. The molecule has 104 valence electrons. The summed E-state index contributed by atoms with van der Waals surface area (Å²) in [5, 5.41) is 0. The molecule has 20 heavy (non-hydrogen) atoms. The van der Waals surface area contributed by atoms with Crippen LogP contribution in [0, 0.1) is 0 Å². The number of para-hydroxylation sites is 1. The minimum Gasteiger partial charge on any atom is -0.496 e. The number of methoxy groups -OCH3 is 1. The van der Waals surface area contributed by atoms with E-state index in [4.69, 9.17) is 4.74 Å². The zero-order chi connectivity index (χ0) is 14.4. The third-order valence-corrected chi connectivity index (χ3v) is 3.30. The van der Waals surface area contributed by atoms with Gasteiger partial charge in [0.2, 0.25) is 0 Å². The van der Waals surface area contributed by atoms with Gasteiger partial charge >= 0.3 is 0 Å². The fraction of sp³-hybridized carbons (Fsp3) is 0.294. The van der Waals surface area contributed by atoms with Crippen LogP contribution in [0.15, 0.2) is 48.1 Å². The van der Waals surface area contributed by atoms with Gasteiger partial charge in [-0.3, -0.25) is 9.59 Å². The van der Waals surface area contributed by atoms with Crippen LogP contribution in [0.1, 0.15) is 36.0 Å². The zero-order valence-electron chi connectivity index (χ0n) is 11.6. The molecule has 0 atom stereocenters. The largest absolute Gasteiger partial charge is 0.496 e.